The molecular weight excluding hydrogens is 391 g/mol. The van der Waals surface area contributed by atoms with Gasteiger partial charge in [0.15, 0.2) is 5.96 Å². The highest BCUT2D eigenvalue weighted by atomic mass is 19.1. The van der Waals surface area contributed by atoms with E-state index >= 15 is 0 Å². The molecule has 3 heterocycles. The van der Waals surface area contributed by atoms with Crippen LogP contribution in [0.2, 0.25) is 0 Å². The highest BCUT2D eigenvalue weighted by Gasteiger charge is 2.22. The number of pyridine rings is 1. The van der Waals surface area contributed by atoms with Gasteiger partial charge in [0.05, 0.1) is 17.1 Å². The molecule has 4 rings (SSSR count). The summed E-state index contributed by atoms with van der Waals surface area (Å²) in [4.78, 5) is 11.6. The average Bonchev–Trinajstić information content (AvgIpc) is 3.13. The van der Waals surface area contributed by atoms with Crippen LogP contribution in [0, 0.1) is 5.82 Å². The van der Waals surface area contributed by atoms with Gasteiger partial charge in [0.25, 0.3) is 0 Å². The largest absolute Gasteiger partial charge is 0.370 e. The smallest absolute Gasteiger partial charge is 0.191 e. The van der Waals surface area contributed by atoms with Crippen LogP contribution in [0.5, 0.6) is 0 Å². The number of rotatable bonds is 5. The van der Waals surface area contributed by atoms with Gasteiger partial charge in [0.2, 0.25) is 0 Å². The molecule has 1 aliphatic rings. The fourth-order valence-electron chi connectivity index (χ4n) is 4.13. The SMILES string of the molecule is C=C/C=C(\N=C(N)N)c1c(-c2ccc(F)cc2)nc2cc(C3CCN(C)CC3)ccn12. The number of guanidine groups is 1. The predicted octanol–water partition coefficient (Wildman–Crippen LogP) is 3.75. The number of nitrogens with zero attached hydrogens (tertiary/aromatic N) is 4. The van der Waals surface area contributed by atoms with Gasteiger partial charge in [-0.25, -0.2) is 14.4 Å². The van der Waals surface area contributed by atoms with Crippen LogP contribution < -0.4 is 11.5 Å². The second-order valence-electron chi connectivity index (χ2n) is 7.91. The predicted molar refractivity (Wildman–Crippen MR) is 124 cm³/mol. The normalized spacial score (nSPS) is 15.9. The molecule has 0 saturated carbocycles. The summed E-state index contributed by atoms with van der Waals surface area (Å²) in [6, 6.07) is 10.5. The minimum Gasteiger partial charge on any atom is -0.370 e. The maximum atomic E-state index is 13.5. The summed E-state index contributed by atoms with van der Waals surface area (Å²) in [7, 11) is 2.16. The third-order valence-electron chi connectivity index (χ3n) is 5.73. The molecule has 7 heteroatoms. The molecule has 0 aliphatic carbocycles. The fraction of sp³-hybridized carbons (Fsp3) is 0.250. The number of nitrogens with two attached hydrogens (primary N) is 2. The van der Waals surface area contributed by atoms with Gasteiger partial charge in [-0.3, -0.25) is 4.40 Å². The van der Waals surface area contributed by atoms with E-state index < -0.39 is 0 Å². The molecule has 0 spiro atoms. The van der Waals surface area contributed by atoms with Crippen molar-refractivity contribution < 1.29 is 4.39 Å². The molecule has 160 valence electrons. The number of piperidine rings is 1. The van der Waals surface area contributed by atoms with Crippen LogP contribution in [-0.4, -0.2) is 40.4 Å². The molecule has 31 heavy (non-hydrogen) atoms. The van der Waals surface area contributed by atoms with E-state index in [0.29, 0.717) is 17.3 Å². The number of likely N-dealkylation sites (tertiary alicyclic amines) is 1. The monoisotopic (exact) mass is 418 g/mol. The molecule has 6 nitrogen and oxygen atoms in total. The molecule has 1 aliphatic heterocycles. The quantitative estimate of drug-likeness (QED) is 0.375. The van der Waals surface area contributed by atoms with Crippen molar-refractivity contribution in [3.8, 4) is 11.3 Å². The molecule has 0 unspecified atom stereocenters. The van der Waals surface area contributed by atoms with E-state index in [1.54, 1.807) is 24.3 Å². The first-order valence-electron chi connectivity index (χ1n) is 10.4. The summed E-state index contributed by atoms with van der Waals surface area (Å²) in [5.41, 5.74) is 16.2. The van der Waals surface area contributed by atoms with Crippen LogP contribution in [0.4, 0.5) is 4.39 Å². The molecular formula is C24H27FN6. The highest BCUT2D eigenvalue weighted by molar-refractivity contribution is 5.87. The number of fused-ring (bicyclic) bond motifs is 1. The Balaban J connectivity index is 1.89. The number of benzene rings is 1. The molecule has 4 N–H and O–H groups in total. The first-order chi connectivity index (χ1) is 15.0. The number of hydrogen-bond donors (Lipinski definition) is 2. The van der Waals surface area contributed by atoms with Gasteiger partial charge in [-0.1, -0.05) is 12.7 Å². The van der Waals surface area contributed by atoms with Crippen LogP contribution in [0.3, 0.4) is 0 Å². The molecule has 3 aromatic rings. The lowest BCUT2D eigenvalue weighted by Gasteiger charge is -2.29. The van der Waals surface area contributed by atoms with Crippen molar-refractivity contribution in [1.82, 2.24) is 14.3 Å². The van der Waals surface area contributed by atoms with Crippen LogP contribution in [0.15, 0.2) is 66.3 Å². The third-order valence-corrected chi connectivity index (χ3v) is 5.73. The van der Waals surface area contributed by atoms with Crippen molar-refractivity contribution in [3.63, 3.8) is 0 Å². The standard InChI is InChI=1S/C24H27FN6/c1-3-4-20(28-24(26)27)23-22(17-5-7-19(25)8-6-17)29-21-15-18(11-14-31(21)23)16-9-12-30(2)13-10-16/h3-8,11,14-16H,1,9-10,12-13H2,2H3,(H4,26,27,28)/b20-4-. The Morgan fingerprint density at radius 2 is 1.90 bits per heavy atom. The Bertz CT molecular complexity index is 1150. The lowest BCUT2D eigenvalue weighted by molar-refractivity contribution is 0.255. The van der Waals surface area contributed by atoms with Crippen molar-refractivity contribution in [1.29, 1.82) is 0 Å². The molecule has 1 aromatic carbocycles. The summed E-state index contributed by atoms with van der Waals surface area (Å²) in [6.07, 6.45) is 7.63. The first kappa shape index (κ1) is 20.8. The third kappa shape index (κ3) is 4.36. The second kappa shape index (κ2) is 8.73. The second-order valence-corrected chi connectivity index (χ2v) is 7.91. The Labute approximate surface area is 181 Å². The maximum absolute atomic E-state index is 13.5. The lowest BCUT2D eigenvalue weighted by atomic mass is 9.90. The number of hydrogen-bond acceptors (Lipinski definition) is 3. The topological polar surface area (TPSA) is 84.9 Å². The van der Waals surface area contributed by atoms with E-state index in [1.165, 1.54) is 17.7 Å². The van der Waals surface area contributed by atoms with Gasteiger partial charge in [-0.2, -0.15) is 0 Å². The van der Waals surface area contributed by atoms with Crippen molar-refractivity contribution in [2.24, 2.45) is 16.5 Å². The van der Waals surface area contributed by atoms with E-state index in [0.717, 1.165) is 42.8 Å². The molecule has 0 amide bonds. The minimum absolute atomic E-state index is 0.0592. The number of imidazole rings is 1. The van der Waals surface area contributed by atoms with Gasteiger partial charge >= 0.3 is 0 Å². The summed E-state index contributed by atoms with van der Waals surface area (Å²) in [5, 5.41) is 0. The van der Waals surface area contributed by atoms with Crippen LogP contribution in [-0.2, 0) is 0 Å². The van der Waals surface area contributed by atoms with E-state index in [2.05, 4.69) is 35.7 Å². The van der Waals surface area contributed by atoms with Gasteiger partial charge in [0, 0.05) is 11.8 Å². The number of aliphatic imine (C=N–C) groups is 1. The van der Waals surface area contributed by atoms with Crippen LogP contribution >= 0.6 is 0 Å². The Morgan fingerprint density at radius 3 is 2.55 bits per heavy atom. The van der Waals surface area contributed by atoms with Crippen molar-refractivity contribution in [2.75, 3.05) is 20.1 Å². The van der Waals surface area contributed by atoms with Gasteiger partial charge in [-0.05, 0) is 86.9 Å². The van der Waals surface area contributed by atoms with Crippen LogP contribution in [0.1, 0.15) is 30.0 Å². The molecule has 0 radical (unpaired) electrons. The fourth-order valence-corrected chi connectivity index (χ4v) is 4.13. The maximum Gasteiger partial charge on any atom is 0.191 e. The molecule has 0 bridgehead atoms. The Kier molecular flexibility index (Phi) is 5.86. The zero-order valence-electron chi connectivity index (χ0n) is 17.6. The van der Waals surface area contributed by atoms with Gasteiger partial charge in [-0.15, -0.1) is 0 Å². The van der Waals surface area contributed by atoms with E-state index in [4.69, 9.17) is 16.5 Å². The van der Waals surface area contributed by atoms with Crippen molar-refractivity contribution in [2.45, 2.75) is 18.8 Å². The Hall–Kier alpha value is -3.45. The zero-order valence-corrected chi connectivity index (χ0v) is 17.6. The number of allylic oxidation sites excluding steroid dienone is 2. The summed E-state index contributed by atoms with van der Waals surface area (Å²) in [5.74, 6) is 0.150. The van der Waals surface area contributed by atoms with Crippen molar-refractivity contribution >= 4 is 17.3 Å². The summed E-state index contributed by atoms with van der Waals surface area (Å²) >= 11 is 0. The highest BCUT2D eigenvalue weighted by Crippen LogP contribution is 2.33. The van der Waals surface area contributed by atoms with E-state index in [1.807, 2.05) is 10.6 Å². The first-order valence-corrected chi connectivity index (χ1v) is 10.4. The molecule has 1 fully saturated rings. The molecule has 0 atom stereocenters. The summed E-state index contributed by atoms with van der Waals surface area (Å²) < 4.78 is 15.5. The number of halogens is 1. The van der Waals surface area contributed by atoms with E-state index in [-0.39, 0.29) is 11.8 Å². The van der Waals surface area contributed by atoms with Crippen molar-refractivity contribution in [3.05, 3.63) is 78.4 Å². The minimum atomic E-state index is -0.301. The summed E-state index contributed by atoms with van der Waals surface area (Å²) in [6.45, 7) is 5.96. The van der Waals surface area contributed by atoms with Gasteiger partial charge in [0.1, 0.15) is 11.5 Å². The zero-order chi connectivity index (χ0) is 22.0. The molecule has 2 aromatic heterocycles. The average molecular weight is 419 g/mol. The molecule has 1 saturated heterocycles. The van der Waals surface area contributed by atoms with Gasteiger partial charge < -0.3 is 16.4 Å². The number of aromatic nitrogens is 2. The van der Waals surface area contributed by atoms with E-state index in [9.17, 15) is 4.39 Å². The Morgan fingerprint density at radius 1 is 1.19 bits per heavy atom. The van der Waals surface area contributed by atoms with Crippen LogP contribution in [0.25, 0.3) is 22.6 Å². The lowest BCUT2D eigenvalue weighted by Crippen LogP contribution is -2.29.